The van der Waals surface area contributed by atoms with Crippen molar-refractivity contribution in [3.63, 3.8) is 0 Å². The Morgan fingerprint density at radius 2 is 2.04 bits per heavy atom. The number of nitrogens with one attached hydrogen (secondary N) is 1. The van der Waals surface area contributed by atoms with Gasteiger partial charge in [-0.15, -0.1) is 0 Å². The zero-order valence-corrected chi connectivity index (χ0v) is 14.7. The van der Waals surface area contributed by atoms with E-state index in [1.54, 1.807) is 0 Å². The third-order valence-electron chi connectivity index (χ3n) is 4.62. The maximum absolute atomic E-state index is 12.5. The van der Waals surface area contributed by atoms with Gasteiger partial charge in [0, 0.05) is 19.1 Å². The summed E-state index contributed by atoms with van der Waals surface area (Å²) in [7, 11) is 0. The Morgan fingerprint density at radius 1 is 1.26 bits per heavy atom. The average molecular weight is 328 g/mol. The lowest BCUT2D eigenvalue weighted by atomic mass is 9.77. The molecule has 2 fully saturated rings. The molecule has 2 N–H and O–H groups in total. The molecule has 1 heterocycles. The number of rotatable bonds is 6. The van der Waals surface area contributed by atoms with Gasteiger partial charge in [0.05, 0.1) is 25.9 Å². The van der Waals surface area contributed by atoms with Crippen LogP contribution >= 0.6 is 0 Å². The van der Waals surface area contributed by atoms with E-state index in [4.69, 9.17) is 14.6 Å². The van der Waals surface area contributed by atoms with Gasteiger partial charge in [0.15, 0.2) is 0 Å². The minimum atomic E-state index is -0.455. The largest absolute Gasteiger partial charge is 0.444 e. The fourth-order valence-corrected chi connectivity index (χ4v) is 3.59. The molecule has 1 saturated heterocycles. The summed E-state index contributed by atoms with van der Waals surface area (Å²) in [5.74, 6) is 0.738. The molecule has 2 bridgehead atoms. The quantitative estimate of drug-likeness (QED) is 0.727. The summed E-state index contributed by atoms with van der Waals surface area (Å²) in [6.45, 7) is 8.28. The molecule has 23 heavy (non-hydrogen) atoms. The lowest BCUT2D eigenvalue weighted by Crippen LogP contribution is -2.59. The summed E-state index contributed by atoms with van der Waals surface area (Å²) in [4.78, 5) is 14.4. The van der Waals surface area contributed by atoms with E-state index in [1.807, 2.05) is 25.7 Å². The monoisotopic (exact) mass is 328 g/mol. The number of nitrogens with zero attached hydrogens (tertiary/aromatic N) is 1. The van der Waals surface area contributed by atoms with Gasteiger partial charge >= 0.3 is 6.09 Å². The molecule has 1 amide bonds. The molecule has 134 valence electrons. The first-order chi connectivity index (χ1) is 10.9. The second kappa shape index (κ2) is 8.31. The summed E-state index contributed by atoms with van der Waals surface area (Å²) in [6.07, 6.45) is 4.28. The van der Waals surface area contributed by atoms with Crippen molar-refractivity contribution in [2.45, 2.75) is 64.1 Å². The number of amides is 1. The van der Waals surface area contributed by atoms with Gasteiger partial charge in [-0.1, -0.05) is 0 Å². The van der Waals surface area contributed by atoms with E-state index in [1.165, 1.54) is 6.42 Å². The van der Waals surface area contributed by atoms with Gasteiger partial charge in [0.25, 0.3) is 0 Å². The molecular formula is C17H32N2O4. The number of likely N-dealkylation sites (tertiary alicyclic amines) is 1. The van der Waals surface area contributed by atoms with E-state index < -0.39 is 5.60 Å². The van der Waals surface area contributed by atoms with Crippen molar-refractivity contribution < 1.29 is 19.4 Å². The van der Waals surface area contributed by atoms with Gasteiger partial charge in [0.1, 0.15) is 5.60 Å². The molecule has 0 aromatic carbocycles. The smallest absolute Gasteiger partial charge is 0.410 e. The van der Waals surface area contributed by atoms with Gasteiger partial charge in [-0.05, 0) is 52.4 Å². The van der Waals surface area contributed by atoms with E-state index in [0.717, 1.165) is 38.3 Å². The average Bonchev–Trinajstić information content (AvgIpc) is 2.47. The van der Waals surface area contributed by atoms with Crippen LogP contribution in [0.25, 0.3) is 0 Å². The van der Waals surface area contributed by atoms with Crippen molar-refractivity contribution in [2.75, 3.05) is 32.9 Å². The van der Waals surface area contributed by atoms with Crippen molar-refractivity contribution in [3.8, 4) is 0 Å². The number of fused-ring (bicyclic) bond motifs is 2. The lowest BCUT2D eigenvalue weighted by Gasteiger charge is -2.47. The molecule has 6 nitrogen and oxygen atoms in total. The summed E-state index contributed by atoms with van der Waals surface area (Å²) in [5.41, 5.74) is -0.455. The van der Waals surface area contributed by atoms with E-state index in [2.05, 4.69) is 5.32 Å². The highest BCUT2D eigenvalue weighted by atomic mass is 16.6. The molecule has 0 aromatic heterocycles. The Morgan fingerprint density at radius 3 is 2.74 bits per heavy atom. The first-order valence-corrected chi connectivity index (χ1v) is 8.82. The summed E-state index contributed by atoms with van der Waals surface area (Å²) in [6, 6.07) is 0.520. The first kappa shape index (κ1) is 18.5. The van der Waals surface area contributed by atoms with Crippen LogP contribution in [-0.2, 0) is 9.47 Å². The second-order valence-corrected chi connectivity index (χ2v) is 7.61. The third kappa shape index (κ3) is 5.62. The van der Waals surface area contributed by atoms with Crippen molar-refractivity contribution in [1.82, 2.24) is 10.2 Å². The molecule has 1 aliphatic heterocycles. The third-order valence-corrected chi connectivity index (χ3v) is 4.62. The predicted octanol–water partition coefficient (Wildman–Crippen LogP) is 1.76. The van der Waals surface area contributed by atoms with E-state index in [9.17, 15) is 4.79 Å². The number of carbonyl (C=O) groups excluding carboxylic acids is 1. The van der Waals surface area contributed by atoms with Crippen LogP contribution in [-0.4, -0.2) is 66.7 Å². The lowest BCUT2D eigenvalue weighted by molar-refractivity contribution is -0.0116. The number of hydrogen-bond acceptors (Lipinski definition) is 5. The molecule has 2 rings (SSSR count). The Bertz CT molecular complexity index is 383. The summed E-state index contributed by atoms with van der Waals surface area (Å²) < 4.78 is 10.9. The predicted molar refractivity (Wildman–Crippen MR) is 88.4 cm³/mol. The molecule has 0 spiro atoms. The zero-order chi connectivity index (χ0) is 16.9. The van der Waals surface area contributed by atoms with Crippen LogP contribution in [0, 0.1) is 5.92 Å². The van der Waals surface area contributed by atoms with Crippen LogP contribution in [0.4, 0.5) is 4.79 Å². The number of ether oxygens (including phenoxy) is 2. The molecule has 3 unspecified atom stereocenters. The highest BCUT2D eigenvalue weighted by Gasteiger charge is 2.41. The van der Waals surface area contributed by atoms with Crippen molar-refractivity contribution >= 4 is 6.09 Å². The van der Waals surface area contributed by atoms with Crippen LogP contribution in [0.1, 0.15) is 46.5 Å². The van der Waals surface area contributed by atoms with Gasteiger partial charge in [-0.2, -0.15) is 0 Å². The van der Waals surface area contributed by atoms with Gasteiger partial charge in [0.2, 0.25) is 0 Å². The van der Waals surface area contributed by atoms with Crippen LogP contribution in [0.15, 0.2) is 0 Å². The standard InChI is InChI=1S/C17H32N2O4/c1-17(2,3)23-16(21)19-8-6-13-4-5-14(15(19)12-13)18-7-10-22-11-9-20/h13-15,18,20H,4-12H2,1-3H3. The minimum Gasteiger partial charge on any atom is -0.444 e. The molecular weight excluding hydrogens is 296 g/mol. The van der Waals surface area contributed by atoms with Gasteiger partial charge in [-0.3, -0.25) is 0 Å². The first-order valence-electron chi connectivity index (χ1n) is 8.82. The zero-order valence-electron chi connectivity index (χ0n) is 14.7. The summed E-state index contributed by atoms with van der Waals surface area (Å²) >= 11 is 0. The molecule has 0 aromatic rings. The van der Waals surface area contributed by atoms with E-state index in [-0.39, 0.29) is 18.7 Å². The van der Waals surface area contributed by atoms with Crippen LogP contribution in [0.5, 0.6) is 0 Å². The van der Waals surface area contributed by atoms with Crippen molar-refractivity contribution in [1.29, 1.82) is 0 Å². The fraction of sp³-hybridized carbons (Fsp3) is 0.941. The number of hydrogen-bond donors (Lipinski definition) is 2. The second-order valence-electron chi connectivity index (χ2n) is 7.61. The highest BCUT2D eigenvalue weighted by molar-refractivity contribution is 5.69. The Kier molecular flexibility index (Phi) is 6.68. The molecule has 1 aliphatic carbocycles. The fourth-order valence-electron chi connectivity index (χ4n) is 3.59. The van der Waals surface area contributed by atoms with Crippen LogP contribution < -0.4 is 5.32 Å². The number of aliphatic hydroxyl groups is 1. The number of piperidine rings is 1. The molecule has 0 radical (unpaired) electrons. The van der Waals surface area contributed by atoms with Crippen LogP contribution in [0.2, 0.25) is 0 Å². The van der Waals surface area contributed by atoms with Crippen molar-refractivity contribution in [3.05, 3.63) is 0 Å². The Labute approximate surface area is 139 Å². The van der Waals surface area contributed by atoms with Crippen molar-refractivity contribution in [2.24, 2.45) is 5.92 Å². The Balaban J connectivity index is 1.89. The van der Waals surface area contributed by atoms with E-state index in [0.29, 0.717) is 19.3 Å². The van der Waals surface area contributed by atoms with Gasteiger partial charge < -0.3 is 24.8 Å². The maximum Gasteiger partial charge on any atom is 0.410 e. The SMILES string of the molecule is CC(C)(C)OC(=O)N1CCC2CCC(NCCOCCO)C1C2. The highest BCUT2D eigenvalue weighted by Crippen LogP contribution is 2.35. The van der Waals surface area contributed by atoms with E-state index >= 15 is 0 Å². The minimum absolute atomic E-state index is 0.0557. The van der Waals surface area contributed by atoms with Gasteiger partial charge in [-0.25, -0.2) is 4.79 Å². The maximum atomic E-state index is 12.5. The number of carbonyl (C=O) groups is 1. The molecule has 6 heteroatoms. The summed E-state index contributed by atoms with van der Waals surface area (Å²) in [5, 5.41) is 12.2. The van der Waals surface area contributed by atoms with Crippen LogP contribution in [0.3, 0.4) is 0 Å². The number of aliphatic hydroxyl groups excluding tert-OH is 1. The Hall–Kier alpha value is -0.850. The molecule has 3 atom stereocenters. The topological polar surface area (TPSA) is 71.0 Å². The molecule has 2 aliphatic rings. The molecule has 1 saturated carbocycles. The normalized spacial score (nSPS) is 27.8.